The highest BCUT2D eigenvalue weighted by Crippen LogP contribution is 2.63. The summed E-state index contributed by atoms with van der Waals surface area (Å²) in [5.74, 6) is 0.929. The fraction of sp³-hybridized carbons (Fsp3) is 0.923. The zero-order valence-corrected chi connectivity index (χ0v) is 10.5. The third kappa shape index (κ3) is 2.03. The van der Waals surface area contributed by atoms with Gasteiger partial charge in [0.25, 0.3) is 0 Å². The monoisotopic (exact) mass is 237 g/mol. The Balaban J connectivity index is 1.51. The van der Waals surface area contributed by atoms with Gasteiger partial charge >= 0.3 is 0 Å². The van der Waals surface area contributed by atoms with Gasteiger partial charge in [-0.15, -0.1) is 0 Å². The molecule has 0 atom stereocenters. The van der Waals surface area contributed by atoms with Crippen LogP contribution in [0.2, 0.25) is 0 Å². The fourth-order valence-corrected chi connectivity index (χ4v) is 3.78. The first-order valence-electron chi connectivity index (χ1n) is 6.89. The van der Waals surface area contributed by atoms with Crippen LogP contribution >= 0.6 is 0 Å². The molecule has 1 spiro atoms. The second-order valence-corrected chi connectivity index (χ2v) is 6.23. The van der Waals surface area contributed by atoms with Gasteiger partial charge in [-0.25, -0.2) is 0 Å². The highest BCUT2D eigenvalue weighted by atomic mass is 16.3. The van der Waals surface area contributed by atoms with E-state index in [0.717, 1.165) is 32.0 Å². The third-order valence-corrected chi connectivity index (χ3v) is 4.78. The van der Waals surface area contributed by atoms with Crippen molar-refractivity contribution in [3.63, 3.8) is 0 Å². The van der Waals surface area contributed by atoms with Crippen molar-refractivity contribution >= 4 is 5.96 Å². The second-order valence-electron chi connectivity index (χ2n) is 6.23. The zero-order chi connectivity index (χ0) is 11.8. The van der Waals surface area contributed by atoms with Gasteiger partial charge in [0, 0.05) is 25.0 Å². The molecule has 3 aliphatic rings. The molecule has 96 valence electrons. The van der Waals surface area contributed by atoms with Gasteiger partial charge in [0.1, 0.15) is 0 Å². The first-order valence-corrected chi connectivity index (χ1v) is 6.89. The molecule has 0 saturated heterocycles. The van der Waals surface area contributed by atoms with Crippen molar-refractivity contribution in [2.24, 2.45) is 15.8 Å². The van der Waals surface area contributed by atoms with Crippen LogP contribution < -0.4 is 10.6 Å². The van der Waals surface area contributed by atoms with Gasteiger partial charge in [-0.2, -0.15) is 0 Å². The molecule has 17 heavy (non-hydrogen) atoms. The van der Waals surface area contributed by atoms with E-state index in [2.05, 4.69) is 15.6 Å². The SMILES string of the molecule is OCC1(CNC2=NCCCN2)CC2(CCC2)C1. The van der Waals surface area contributed by atoms with E-state index in [0.29, 0.717) is 12.0 Å². The lowest BCUT2D eigenvalue weighted by Gasteiger charge is -2.60. The molecule has 0 radical (unpaired) electrons. The van der Waals surface area contributed by atoms with Crippen LogP contribution in [0.1, 0.15) is 38.5 Å². The largest absolute Gasteiger partial charge is 0.396 e. The van der Waals surface area contributed by atoms with Crippen molar-refractivity contribution in [3.8, 4) is 0 Å². The smallest absolute Gasteiger partial charge is 0.191 e. The van der Waals surface area contributed by atoms with E-state index in [1.165, 1.54) is 32.1 Å². The van der Waals surface area contributed by atoms with E-state index in [9.17, 15) is 5.11 Å². The molecule has 1 aliphatic heterocycles. The van der Waals surface area contributed by atoms with Crippen molar-refractivity contribution in [1.29, 1.82) is 0 Å². The third-order valence-electron chi connectivity index (χ3n) is 4.78. The van der Waals surface area contributed by atoms with Gasteiger partial charge < -0.3 is 15.7 Å². The summed E-state index contributed by atoms with van der Waals surface area (Å²) in [6, 6.07) is 0. The quantitative estimate of drug-likeness (QED) is 0.682. The Bertz CT molecular complexity index is 315. The number of hydrogen-bond donors (Lipinski definition) is 3. The van der Waals surface area contributed by atoms with Crippen molar-refractivity contribution in [2.45, 2.75) is 38.5 Å². The topological polar surface area (TPSA) is 56.6 Å². The lowest BCUT2D eigenvalue weighted by Crippen LogP contribution is -2.58. The first-order chi connectivity index (χ1) is 8.26. The molecule has 0 aromatic rings. The number of nitrogens with one attached hydrogen (secondary N) is 2. The summed E-state index contributed by atoms with van der Waals surface area (Å²) in [5, 5.41) is 16.3. The molecule has 2 saturated carbocycles. The molecule has 0 amide bonds. The molecule has 1 heterocycles. The minimum absolute atomic E-state index is 0.127. The van der Waals surface area contributed by atoms with Crippen LogP contribution in [0.3, 0.4) is 0 Å². The number of aliphatic hydroxyl groups is 1. The van der Waals surface area contributed by atoms with Crippen LogP contribution in [0.5, 0.6) is 0 Å². The number of rotatable bonds is 3. The molecular formula is C13H23N3O. The van der Waals surface area contributed by atoms with E-state index >= 15 is 0 Å². The maximum absolute atomic E-state index is 9.62. The number of hydrogen-bond acceptors (Lipinski definition) is 4. The predicted octanol–water partition coefficient (Wildman–Crippen LogP) is 0.868. The van der Waals surface area contributed by atoms with Crippen LogP contribution in [0.4, 0.5) is 0 Å². The normalized spacial score (nSPS) is 28.6. The molecule has 0 unspecified atom stereocenters. The minimum atomic E-state index is 0.127. The Kier molecular flexibility index (Phi) is 2.77. The number of guanidine groups is 1. The molecule has 0 aromatic carbocycles. The van der Waals surface area contributed by atoms with Crippen LogP contribution in [0.25, 0.3) is 0 Å². The maximum atomic E-state index is 9.62. The molecule has 4 heteroatoms. The van der Waals surface area contributed by atoms with Crippen molar-refractivity contribution in [2.75, 3.05) is 26.2 Å². The number of aliphatic imine (C=N–C) groups is 1. The van der Waals surface area contributed by atoms with E-state index in [1.807, 2.05) is 0 Å². The molecule has 3 N–H and O–H groups in total. The second kappa shape index (κ2) is 4.16. The van der Waals surface area contributed by atoms with Crippen LogP contribution in [0, 0.1) is 10.8 Å². The summed E-state index contributed by atoms with van der Waals surface area (Å²) >= 11 is 0. The van der Waals surface area contributed by atoms with Crippen LogP contribution in [-0.4, -0.2) is 37.3 Å². The highest BCUT2D eigenvalue weighted by Gasteiger charge is 2.56. The average Bonchev–Trinajstić information content (AvgIpc) is 2.28. The Morgan fingerprint density at radius 2 is 2.12 bits per heavy atom. The average molecular weight is 237 g/mol. The van der Waals surface area contributed by atoms with Crippen molar-refractivity contribution < 1.29 is 5.11 Å². The van der Waals surface area contributed by atoms with Gasteiger partial charge in [0.2, 0.25) is 0 Å². The summed E-state index contributed by atoms with van der Waals surface area (Å²) in [6.07, 6.45) is 7.69. The van der Waals surface area contributed by atoms with Crippen molar-refractivity contribution in [3.05, 3.63) is 0 Å². The molecule has 0 aromatic heterocycles. The van der Waals surface area contributed by atoms with Crippen LogP contribution in [-0.2, 0) is 0 Å². The van der Waals surface area contributed by atoms with Gasteiger partial charge in [-0.3, -0.25) is 4.99 Å². The summed E-state index contributed by atoms with van der Waals surface area (Å²) in [6.45, 7) is 3.12. The molecule has 2 aliphatic carbocycles. The van der Waals surface area contributed by atoms with Crippen molar-refractivity contribution in [1.82, 2.24) is 10.6 Å². The lowest BCUT2D eigenvalue weighted by molar-refractivity contribution is -0.117. The van der Waals surface area contributed by atoms with Gasteiger partial charge in [0.15, 0.2) is 5.96 Å². The standard InChI is InChI=1S/C13H23N3O/c17-10-13(7-12(8-13)3-1-4-12)9-16-11-14-5-2-6-15-11/h17H,1-10H2,(H2,14,15,16). The Hall–Kier alpha value is -0.770. The summed E-state index contributed by atoms with van der Waals surface area (Å²) in [5.41, 5.74) is 0.744. The summed E-state index contributed by atoms with van der Waals surface area (Å²) < 4.78 is 0. The lowest BCUT2D eigenvalue weighted by atomic mass is 9.45. The zero-order valence-electron chi connectivity index (χ0n) is 10.5. The van der Waals surface area contributed by atoms with E-state index < -0.39 is 0 Å². The highest BCUT2D eigenvalue weighted by molar-refractivity contribution is 5.80. The minimum Gasteiger partial charge on any atom is -0.396 e. The van der Waals surface area contributed by atoms with Crippen LogP contribution in [0.15, 0.2) is 4.99 Å². The maximum Gasteiger partial charge on any atom is 0.191 e. The van der Waals surface area contributed by atoms with E-state index in [1.54, 1.807) is 0 Å². The van der Waals surface area contributed by atoms with Gasteiger partial charge in [0.05, 0.1) is 6.61 Å². The molecule has 4 nitrogen and oxygen atoms in total. The molecule has 2 fully saturated rings. The van der Waals surface area contributed by atoms with Gasteiger partial charge in [-0.05, 0) is 37.5 Å². The Labute approximate surface area is 103 Å². The molecular weight excluding hydrogens is 214 g/mol. The Morgan fingerprint density at radius 3 is 2.65 bits per heavy atom. The van der Waals surface area contributed by atoms with E-state index in [4.69, 9.17) is 0 Å². The summed E-state index contributed by atoms with van der Waals surface area (Å²) in [7, 11) is 0. The van der Waals surface area contributed by atoms with Gasteiger partial charge in [-0.1, -0.05) is 6.42 Å². The first kappa shape index (κ1) is 11.3. The van der Waals surface area contributed by atoms with E-state index in [-0.39, 0.29) is 5.41 Å². The predicted molar refractivity (Wildman–Crippen MR) is 68.0 cm³/mol. The Morgan fingerprint density at radius 1 is 1.29 bits per heavy atom. The number of nitrogens with zero attached hydrogens (tertiary/aromatic N) is 1. The summed E-state index contributed by atoms with van der Waals surface area (Å²) in [4.78, 5) is 4.41. The number of aliphatic hydroxyl groups excluding tert-OH is 1. The fourth-order valence-electron chi connectivity index (χ4n) is 3.78. The molecule has 3 rings (SSSR count). The molecule has 0 bridgehead atoms.